The van der Waals surface area contributed by atoms with Gasteiger partial charge in [0.05, 0.1) is 5.69 Å². The Morgan fingerprint density at radius 2 is 2.12 bits per heavy atom. The minimum absolute atomic E-state index is 0.429. The summed E-state index contributed by atoms with van der Waals surface area (Å²) in [6.45, 7) is 6.99. The number of hydrogen-bond donors (Lipinski definition) is 2. The van der Waals surface area contributed by atoms with Gasteiger partial charge in [0, 0.05) is 24.2 Å². The van der Waals surface area contributed by atoms with Crippen LogP contribution in [0.2, 0.25) is 0 Å². The zero-order valence-corrected chi connectivity index (χ0v) is 11.0. The van der Waals surface area contributed by atoms with Crippen LogP contribution >= 0.6 is 12.2 Å². The third-order valence-corrected chi connectivity index (χ3v) is 3.23. The van der Waals surface area contributed by atoms with Crippen molar-refractivity contribution < 1.29 is 0 Å². The number of nitrogens with zero attached hydrogens (tertiary/aromatic N) is 4. The second-order valence-corrected chi connectivity index (χ2v) is 4.34. The molecule has 2 heterocycles. The normalized spacial score (nSPS) is 11.0. The largest absolute Gasteiger partial charge is 0.335 e. The minimum Gasteiger partial charge on any atom is -0.335 e. The van der Waals surface area contributed by atoms with Crippen LogP contribution in [0.15, 0.2) is 0 Å². The van der Waals surface area contributed by atoms with Gasteiger partial charge in [0.2, 0.25) is 4.77 Å². The Labute approximate surface area is 104 Å². The first-order valence-electron chi connectivity index (χ1n) is 5.48. The lowest BCUT2D eigenvalue weighted by Crippen LogP contribution is -2.13. The fraction of sp³-hybridized carbons (Fsp3) is 0.500. The number of nitrogens with one attached hydrogen (secondary N) is 1. The highest BCUT2D eigenvalue weighted by molar-refractivity contribution is 7.71. The molecule has 2 rings (SSSR count). The lowest BCUT2D eigenvalue weighted by molar-refractivity contribution is 0.633. The molecule has 0 unspecified atom stereocenters. The van der Waals surface area contributed by atoms with Crippen molar-refractivity contribution in [2.75, 3.05) is 5.84 Å². The van der Waals surface area contributed by atoms with Crippen LogP contribution in [0.4, 0.5) is 0 Å². The van der Waals surface area contributed by atoms with Crippen LogP contribution in [-0.2, 0) is 13.0 Å². The van der Waals surface area contributed by atoms with Gasteiger partial charge in [-0.25, -0.2) is 4.68 Å². The summed E-state index contributed by atoms with van der Waals surface area (Å²) in [4.78, 5) is 0. The zero-order valence-electron chi connectivity index (χ0n) is 10.2. The molecular formula is C10H16N6S. The Bertz CT molecular complexity index is 590. The Kier molecular flexibility index (Phi) is 3.01. The first kappa shape index (κ1) is 11.8. The Hall–Kier alpha value is -1.63. The van der Waals surface area contributed by atoms with Gasteiger partial charge in [0.1, 0.15) is 0 Å². The molecule has 0 aromatic carbocycles. The number of nitrogens with two attached hydrogens (primary N) is 1. The van der Waals surface area contributed by atoms with E-state index in [-0.39, 0.29) is 0 Å². The van der Waals surface area contributed by atoms with Crippen LogP contribution in [0.1, 0.15) is 29.7 Å². The summed E-state index contributed by atoms with van der Waals surface area (Å²) < 4.78 is 3.81. The molecule has 0 atom stereocenters. The van der Waals surface area contributed by atoms with Crippen molar-refractivity contribution in [1.29, 1.82) is 0 Å². The number of H-pyrrole nitrogens is 1. The number of aromatic nitrogens is 5. The van der Waals surface area contributed by atoms with E-state index >= 15 is 0 Å². The van der Waals surface area contributed by atoms with Gasteiger partial charge >= 0.3 is 0 Å². The van der Waals surface area contributed by atoms with E-state index in [4.69, 9.17) is 18.1 Å². The molecule has 0 bridgehead atoms. The molecule has 0 aliphatic heterocycles. The molecule has 0 aliphatic rings. The molecule has 0 fully saturated rings. The average molecular weight is 252 g/mol. The summed E-state index contributed by atoms with van der Waals surface area (Å²) in [5.41, 5.74) is 3.32. The highest BCUT2D eigenvalue weighted by Gasteiger charge is 2.14. The van der Waals surface area contributed by atoms with Crippen molar-refractivity contribution in [2.24, 2.45) is 0 Å². The van der Waals surface area contributed by atoms with Crippen molar-refractivity contribution in [3.8, 4) is 0 Å². The first-order valence-corrected chi connectivity index (χ1v) is 5.89. The smallest absolute Gasteiger partial charge is 0.214 e. The van der Waals surface area contributed by atoms with Gasteiger partial charge in [-0.3, -0.25) is 9.78 Å². The molecule has 0 saturated carbocycles. The van der Waals surface area contributed by atoms with Crippen LogP contribution in [0, 0.1) is 18.6 Å². The molecule has 0 amide bonds. The number of aromatic amines is 1. The quantitative estimate of drug-likeness (QED) is 0.633. The molecule has 0 aliphatic carbocycles. The first-order chi connectivity index (χ1) is 8.04. The van der Waals surface area contributed by atoms with Gasteiger partial charge in [-0.15, -0.1) is 0 Å². The molecule has 17 heavy (non-hydrogen) atoms. The monoisotopic (exact) mass is 252 g/mol. The van der Waals surface area contributed by atoms with Gasteiger partial charge in [0.25, 0.3) is 0 Å². The third kappa shape index (κ3) is 1.97. The van der Waals surface area contributed by atoms with Crippen LogP contribution in [-0.4, -0.2) is 24.7 Å². The van der Waals surface area contributed by atoms with Crippen LogP contribution in [0.25, 0.3) is 0 Å². The van der Waals surface area contributed by atoms with E-state index in [0.29, 0.717) is 11.2 Å². The maximum absolute atomic E-state index is 5.78. The van der Waals surface area contributed by atoms with Gasteiger partial charge in [-0.2, -0.15) is 10.2 Å². The predicted molar refractivity (Wildman–Crippen MR) is 67.7 cm³/mol. The molecule has 92 valence electrons. The Morgan fingerprint density at radius 3 is 2.59 bits per heavy atom. The van der Waals surface area contributed by atoms with Crippen LogP contribution < -0.4 is 5.84 Å². The highest BCUT2D eigenvalue weighted by atomic mass is 32.1. The maximum atomic E-state index is 5.78. The molecule has 2 aromatic heterocycles. The van der Waals surface area contributed by atoms with E-state index in [1.54, 1.807) is 0 Å². The molecule has 0 saturated heterocycles. The fourth-order valence-corrected chi connectivity index (χ4v) is 2.07. The van der Waals surface area contributed by atoms with Gasteiger partial charge in [0.15, 0.2) is 5.82 Å². The average Bonchev–Trinajstić information content (AvgIpc) is 2.76. The summed E-state index contributed by atoms with van der Waals surface area (Å²) in [5.74, 6) is 6.50. The van der Waals surface area contributed by atoms with Crippen molar-refractivity contribution in [3.05, 3.63) is 27.5 Å². The molecule has 3 N–H and O–H groups in total. The number of nitrogen functional groups attached to an aromatic ring is 1. The number of rotatable bonds is 3. The van der Waals surface area contributed by atoms with Gasteiger partial charge in [-0.05, 0) is 33.0 Å². The predicted octanol–water partition coefficient (Wildman–Crippen LogP) is 1.08. The molecule has 0 spiro atoms. The SMILES string of the molecule is CCn1nc(C)c(Cc2n[nH]c(=S)n2N)c1C. The van der Waals surface area contributed by atoms with Crippen molar-refractivity contribution in [2.45, 2.75) is 33.7 Å². The van der Waals surface area contributed by atoms with E-state index < -0.39 is 0 Å². The number of aryl methyl sites for hydroxylation is 2. The van der Waals surface area contributed by atoms with E-state index in [1.165, 1.54) is 4.68 Å². The van der Waals surface area contributed by atoms with E-state index in [2.05, 4.69) is 29.1 Å². The lowest BCUT2D eigenvalue weighted by atomic mass is 10.1. The summed E-state index contributed by atoms with van der Waals surface area (Å²) in [7, 11) is 0. The van der Waals surface area contributed by atoms with Crippen LogP contribution in [0.5, 0.6) is 0 Å². The third-order valence-electron chi connectivity index (χ3n) is 2.94. The van der Waals surface area contributed by atoms with Crippen molar-refractivity contribution in [1.82, 2.24) is 24.7 Å². The lowest BCUT2D eigenvalue weighted by Gasteiger charge is -2.02. The van der Waals surface area contributed by atoms with E-state index in [9.17, 15) is 0 Å². The van der Waals surface area contributed by atoms with Gasteiger partial charge < -0.3 is 5.84 Å². The minimum atomic E-state index is 0.429. The van der Waals surface area contributed by atoms with Crippen LogP contribution in [0.3, 0.4) is 0 Å². The fourth-order valence-electron chi connectivity index (χ4n) is 1.92. The second kappa shape index (κ2) is 4.33. The van der Waals surface area contributed by atoms with Gasteiger partial charge in [-0.1, -0.05) is 0 Å². The molecule has 0 radical (unpaired) electrons. The molecule has 7 heteroatoms. The Morgan fingerprint density at radius 1 is 1.41 bits per heavy atom. The molecular weight excluding hydrogens is 236 g/mol. The topological polar surface area (TPSA) is 77.5 Å². The zero-order chi connectivity index (χ0) is 12.6. The number of hydrogen-bond acceptors (Lipinski definition) is 4. The molecule has 2 aromatic rings. The molecule has 6 nitrogen and oxygen atoms in total. The standard InChI is InChI=1S/C10H16N6S/c1-4-15-7(3)8(6(2)14-15)5-9-12-13-10(17)16(9)11/h4-5,11H2,1-3H3,(H,13,17). The van der Waals surface area contributed by atoms with E-state index in [0.717, 1.165) is 29.3 Å². The van der Waals surface area contributed by atoms with E-state index in [1.807, 2.05) is 11.6 Å². The summed E-state index contributed by atoms with van der Waals surface area (Å²) >= 11 is 4.98. The second-order valence-electron chi connectivity index (χ2n) is 3.96. The summed E-state index contributed by atoms with van der Waals surface area (Å²) in [6.07, 6.45) is 0.640. The highest BCUT2D eigenvalue weighted by Crippen LogP contribution is 2.16. The summed E-state index contributed by atoms with van der Waals surface area (Å²) in [5, 5.41) is 11.3. The van der Waals surface area contributed by atoms with Crippen molar-refractivity contribution >= 4 is 12.2 Å². The van der Waals surface area contributed by atoms with Crippen molar-refractivity contribution in [3.63, 3.8) is 0 Å². The summed E-state index contributed by atoms with van der Waals surface area (Å²) in [6, 6.07) is 0. The Balaban J connectivity index is 2.39. The maximum Gasteiger partial charge on any atom is 0.214 e.